The molecule has 17 nitrogen and oxygen atoms in total. The first-order chi connectivity index (χ1) is 49.6. The standard InChI is InChI=1S/C84H164O17P2/c1-9-77(8)63-55-47-38-32-26-19-14-12-10-11-13-15-20-27-33-39-48-56-64-81(86)94-70-79(100-83(88)66-58-50-40-34-28-21-17-16-18-24-30-36-44-52-60-74(2)3)72-98-102(90,91)96-68-78(85)69-97-103(92,93)99-73-80(71-95-82(87)65-57-49-43-42-46-54-62-76(6)7)101-84(89)67-59-51-41-35-29-23-22-25-31-37-45-53-61-75(4)5/h74-80,85H,9-73H2,1-8H3,(H,90,91)(H,92,93)/t77?,78-,79-,80-/m1/s1. The number of phosphoric ester groups is 2. The van der Waals surface area contributed by atoms with Crippen LogP contribution in [-0.4, -0.2) is 96.7 Å². The van der Waals surface area contributed by atoms with Crippen molar-refractivity contribution in [1.82, 2.24) is 0 Å². The Morgan fingerprint density at radius 3 is 0.689 bits per heavy atom. The summed E-state index contributed by atoms with van der Waals surface area (Å²) in [5.41, 5.74) is 0. The average molecular weight is 1510 g/mol. The van der Waals surface area contributed by atoms with E-state index in [1.165, 1.54) is 231 Å². The maximum atomic E-state index is 13.1. The smallest absolute Gasteiger partial charge is 0.462 e. The summed E-state index contributed by atoms with van der Waals surface area (Å²) in [4.78, 5) is 73.1. The van der Waals surface area contributed by atoms with Crippen LogP contribution in [0.4, 0.5) is 0 Å². The van der Waals surface area contributed by atoms with Crippen LogP contribution >= 0.6 is 15.6 Å². The number of ether oxygens (including phenoxy) is 4. The summed E-state index contributed by atoms with van der Waals surface area (Å²) in [7, 11) is -9.92. The molecule has 0 fully saturated rings. The first-order valence-electron chi connectivity index (χ1n) is 43.2. The monoisotopic (exact) mass is 1510 g/mol. The van der Waals surface area contributed by atoms with E-state index in [9.17, 15) is 43.2 Å². The molecule has 19 heteroatoms. The highest BCUT2D eigenvalue weighted by Gasteiger charge is 2.30. The molecule has 0 rings (SSSR count). The third-order valence-corrected chi connectivity index (χ3v) is 21.8. The van der Waals surface area contributed by atoms with Gasteiger partial charge < -0.3 is 33.8 Å². The second-order valence-corrected chi connectivity index (χ2v) is 34.8. The molecule has 0 amide bonds. The zero-order chi connectivity index (χ0) is 76.0. The summed E-state index contributed by atoms with van der Waals surface area (Å²) >= 11 is 0. The molecule has 6 atom stereocenters. The first kappa shape index (κ1) is 101. The van der Waals surface area contributed by atoms with Gasteiger partial charge in [0.2, 0.25) is 0 Å². The topological polar surface area (TPSA) is 237 Å². The van der Waals surface area contributed by atoms with Crippen LogP contribution in [0.3, 0.4) is 0 Å². The molecular formula is C84H164O17P2. The summed E-state index contributed by atoms with van der Waals surface area (Å²) in [5.74, 6) is 1.01. The average Bonchev–Trinajstić information content (AvgIpc) is 0.909. The van der Waals surface area contributed by atoms with E-state index in [-0.39, 0.29) is 25.7 Å². The van der Waals surface area contributed by atoms with Crippen LogP contribution in [0.1, 0.15) is 434 Å². The Bertz CT molecular complexity index is 2010. The predicted octanol–water partition coefficient (Wildman–Crippen LogP) is 25.2. The van der Waals surface area contributed by atoms with E-state index in [1.54, 1.807) is 0 Å². The van der Waals surface area contributed by atoms with E-state index >= 15 is 0 Å². The maximum Gasteiger partial charge on any atom is 0.472 e. The third kappa shape index (κ3) is 76.6. The minimum Gasteiger partial charge on any atom is -0.462 e. The molecule has 0 aromatic rings. The highest BCUT2D eigenvalue weighted by atomic mass is 31.2. The van der Waals surface area contributed by atoms with Crippen molar-refractivity contribution in [2.45, 2.75) is 453 Å². The number of hydrogen-bond donors (Lipinski definition) is 3. The summed E-state index contributed by atoms with van der Waals surface area (Å²) < 4.78 is 68.8. The van der Waals surface area contributed by atoms with E-state index in [0.717, 1.165) is 114 Å². The highest BCUT2D eigenvalue weighted by Crippen LogP contribution is 2.45. The molecule has 612 valence electrons. The van der Waals surface area contributed by atoms with Crippen LogP contribution in [0.25, 0.3) is 0 Å². The summed E-state index contributed by atoms with van der Waals surface area (Å²) in [6.07, 6.45) is 61.3. The molecule has 0 bridgehead atoms. The van der Waals surface area contributed by atoms with Crippen molar-refractivity contribution in [3.05, 3.63) is 0 Å². The molecule has 0 aliphatic rings. The third-order valence-electron chi connectivity index (χ3n) is 19.9. The SMILES string of the molecule is CCC(C)CCCCCCCCCCCCCCCCCCCCC(=O)OC[C@H](COP(=O)(O)OC[C@@H](O)COP(=O)(O)OC[C@@H](COC(=O)CCCCCCCCC(C)C)OC(=O)CCCCCCCCCCCCCCC(C)C)OC(=O)CCCCCCCCCCCCCCCCC(C)C. The molecule has 0 aromatic heterocycles. The van der Waals surface area contributed by atoms with Gasteiger partial charge in [-0.2, -0.15) is 0 Å². The van der Waals surface area contributed by atoms with Crippen molar-refractivity contribution in [2.75, 3.05) is 39.6 Å². The van der Waals surface area contributed by atoms with Gasteiger partial charge >= 0.3 is 39.5 Å². The number of carbonyl (C=O) groups excluding carboxylic acids is 4. The van der Waals surface area contributed by atoms with Crippen molar-refractivity contribution in [2.24, 2.45) is 23.7 Å². The Morgan fingerprint density at radius 1 is 0.272 bits per heavy atom. The fraction of sp³-hybridized carbons (Fsp3) is 0.952. The number of rotatable bonds is 81. The van der Waals surface area contributed by atoms with E-state index in [2.05, 4.69) is 55.4 Å². The number of phosphoric acid groups is 2. The molecule has 3 unspecified atom stereocenters. The fourth-order valence-electron chi connectivity index (χ4n) is 12.9. The van der Waals surface area contributed by atoms with Crippen molar-refractivity contribution >= 4 is 39.5 Å². The molecule has 0 heterocycles. The van der Waals surface area contributed by atoms with Gasteiger partial charge in [0, 0.05) is 25.7 Å². The molecule has 103 heavy (non-hydrogen) atoms. The number of aliphatic hydroxyl groups is 1. The van der Waals surface area contributed by atoms with Crippen molar-refractivity contribution in [3.8, 4) is 0 Å². The van der Waals surface area contributed by atoms with Crippen LogP contribution < -0.4 is 0 Å². The zero-order valence-electron chi connectivity index (χ0n) is 68.0. The molecule has 0 aliphatic heterocycles. The van der Waals surface area contributed by atoms with Crippen LogP contribution in [0, 0.1) is 23.7 Å². The van der Waals surface area contributed by atoms with Crippen molar-refractivity contribution in [1.29, 1.82) is 0 Å². The fourth-order valence-corrected chi connectivity index (χ4v) is 14.5. The highest BCUT2D eigenvalue weighted by molar-refractivity contribution is 7.47. The summed E-state index contributed by atoms with van der Waals surface area (Å²) in [6.45, 7) is 14.3. The summed E-state index contributed by atoms with van der Waals surface area (Å²) in [5, 5.41) is 10.7. The molecule has 3 N–H and O–H groups in total. The van der Waals surface area contributed by atoms with Gasteiger partial charge in [-0.25, -0.2) is 9.13 Å². The van der Waals surface area contributed by atoms with Gasteiger partial charge in [0.1, 0.15) is 19.3 Å². The number of hydrogen-bond acceptors (Lipinski definition) is 15. The molecule has 0 aliphatic carbocycles. The Morgan fingerprint density at radius 2 is 0.466 bits per heavy atom. The molecule has 0 aromatic carbocycles. The Balaban J connectivity index is 5.20. The number of unbranched alkanes of at least 4 members (excludes halogenated alkanes) is 46. The van der Waals surface area contributed by atoms with Gasteiger partial charge in [0.15, 0.2) is 12.2 Å². The van der Waals surface area contributed by atoms with E-state index in [0.29, 0.717) is 31.6 Å². The zero-order valence-corrected chi connectivity index (χ0v) is 69.7. The van der Waals surface area contributed by atoms with Crippen LogP contribution in [0.2, 0.25) is 0 Å². The maximum absolute atomic E-state index is 13.1. The van der Waals surface area contributed by atoms with Crippen LogP contribution in [0.5, 0.6) is 0 Å². The lowest BCUT2D eigenvalue weighted by molar-refractivity contribution is -0.161. The van der Waals surface area contributed by atoms with Crippen molar-refractivity contribution in [3.63, 3.8) is 0 Å². The Hall–Kier alpha value is -1.94. The lowest BCUT2D eigenvalue weighted by Crippen LogP contribution is -2.30. The van der Waals surface area contributed by atoms with Gasteiger partial charge in [0.05, 0.1) is 26.4 Å². The number of carbonyl (C=O) groups is 4. The van der Waals surface area contributed by atoms with E-state index in [4.69, 9.17) is 37.0 Å². The lowest BCUT2D eigenvalue weighted by Gasteiger charge is -2.21. The molecule has 0 spiro atoms. The van der Waals surface area contributed by atoms with Gasteiger partial charge in [-0.1, -0.05) is 383 Å². The largest absolute Gasteiger partial charge is 0.472 e. The van der Waals surface area contributed by atoms with E-state index in [1.807, 2.05) is 0 Å². The van der Waals surface area contributed by atoms with Gasteiger partial charge in [-0.15, -0.1) is 0 Å². The summed E-state index contributed by atoms with van der Waals surface area (Å²) in [6, 6.07) is 0. The van der Waals surface area contributed by atoms with E-state index < -0.39 is 97.5 Å². The number of esters is 4. The van der Waals surface area contributed by atoms with Crippen molar-refractivity contribution < 1.29 is 80.2 Å². The van der Waals surface area contributed by atoms with Crippen LogP contribution in [0.15, 0.2) is 0 Å². The second-order valence-electron chi connectivity index (χ2n) is 31.9. The molecule has 0 saturated carbocycles. The molecule has 0 radical (unpaired) electrons. The van der Waals surface area contributed by atoms with Gasteiger partial charge in [-0.05, 0) is 49.4 Å². The predicted molar refractivity (Wildman–Crippen MR) is 423 cm³/mol. The normalized spacial score (nSPS) is 14.2. The van der Waals surface area contributed by atoms with Crippen LogP contribution in [-0.2, 0) is 65.4 Å². The second kappa shape index (κ2) is 72.9. The minimum atomic E-state index is -4.96. The first-order valence-corrected chi connectivity index (χ1v) is 46.2. The lowest BCUT2D eigenvalue weighted by atomic mass is 9.99. The Kier molecular flexibility index (Phi) is 71.5. The Labute approximate surface area is 632 Å². The van der Waals surface area contributed by atoms with Gasteiger partial charge in [0.25, 0.3) is 0 Å². The molecular weight excluding hydrogens is 1340 g/mol. The van der Waals surface area contributed by atoms with Gasteiger partial charge in [-0.3, -0.25) is 37.3 Å². The quantitative estimate of drug-likeness (QED) is 0.0222. The molecule has 0 saturated heterocycles. The number of aliphatic hydroxyl groups excluding tert-OH is 1. The minimum absolute atomic E-state index is 0.106.